The Kier molecular flexibility index (Phi) is 2.71. The molecule has 82 valence electrons. The first kappa shape index (κ1) is 10.9. The van der Waals surface area contributed by atoms with E-state index in [0.717, 1.165) is 15.7 Å². The quantitative estimate of drug-likeness (QED) is 0.757. The van der Waals surface area contributed by atoms with E-state index in [-0.39, 0.29) is 13.0 Å². The van der Waals surface area contributed by atoms with E-state index in [9.17, 15) is 8.78 Å². The molecule has 15 heavy (non-hydrogen) atoms. The second-order valence-corrected chi connectivity index (χ2v) is 4.84. The molecule has 0 atom stereocenters. The molecule has 0 saturated carbocycles. The van der Waals surface area contributed by atoms with Gasteiger partial charge in [0.25, 0.3) is 5.92 Å². The van der Waals surface area contributed by atoms with Crippen LogP contribution in [-0.4, -0.2) is 19.0 Å². The smallest absolute Gasteiger partial charge is 0.266 e. The van der Waals surface area contributed by atoms with Crippen LogP contribution >= 0.6 is 15.9 Å². The number of benzene rings is 1. The van der Waals surface area contributed by atoms with Crippen LogP contribution in [0.1, 0.15) is 12.0 Å². The molecule has 0 bridgehead atoms. The number of aryl methyl sites for hydroxylation is 1. The maximum Gasteiger partial charge on any atom is 0.266 e. The lowest BCUT2D eigenvalue weighted by Crippen LogP contribution is -2.25. The van der Waals surface area contributed by atoms with Crippen molar-refractivity contribution in [1.82, 2.24) is 0 Å². The van der Waals surface area contributed by atoms with Crippen LogP contribution in [0.3, 0.4) is 0 Å². The minimum absolute atomic E-state index is 0.0483. The summed E-state index contributed by atoms with van der Waals surface area (Å²) in [4.78, 5) is 1.73. The van der Waals surface area contributed by atoms with E-state index in [0.29, 0.717) is 6.54 Å². The van der Waals surface area contributed by atoms with Crippen molar-refractivity contribution in [2.45, 2.75) is 19.3 Å². The Hall–Kier alpha value is -0.640. The molecule has 0 radical (unpaired) electrons. The van der Waals surface area contributed by atoms with Crippen LogP contribution in [-0.2, 0) is 0 Å². The maximum absolute atomic E-state index is 13.0. The van der Waals surface area contributed by atoms with Crippen molar-refractivity contribution < 1.29 is 8.78 Å². The van der Waals surface area contributed by atoms with Crippen molar-refractivity contribution in [3.05, 3.63) is 28.2 Å². The number of rotatable bonds is 1. The molecule has 1 aliphatic rings. The molecule has 1 aromatic rings. The van der Waals surface area contributed by atoms with E-state index in [4.69, 9.17) is 0 Å². The molecule has 0 unspecified atom stereocenters. The highest BCUT2D eigenvalue weighted by Crippen LogP contribution is 2.34. The highest BCUT2D eigenvalue weighted by Gasteiger charge is 2.38. The van der Waals surface area contributed by atoms with Gasteiger partial charge < -0.3 is 4.90 Å². The Morgan fingerprint density at radius 3 is 2.67 bits per heavy atom. The standard InChI is InChI=1S/C11H12BrF2N/c1-8-2-3-10(9(12)6-8)15-5-4-11(13,14)7-15/h2-3,6H,4-5,7H2,1H3. The first-order chi connectivity index (χ1) is 6.98. The van der Waals surface area contributed by atoms with Crippen LogP contribution < -0.4 is 4.90 Å². The molecule has 0 aromatic heterocycles. The number of hydrogen-bond donors (Lipinski definition) is 0. The van der Waals surface area contributed by atoms with Crippen LogP contribution in [0.4, 0.5) is 14.5 Å². The summed E-state index contributed by atoms with van der Waals surface area (Å²) in [5.74, 6) is -2.54. The van der Waals surface area contributed by atoms with Crippen molar-refractivity contribution in [2.24, 2.45) is 0 Å². The Bertz CT molecular complexity index is 379. The van der Waals surface area contributed by atoms with Crippen LogP contribution in [0.5, 0.6) is 0 Å². The fraction of sp³-hybridized carbons (Fsp3) is 0.455. The largest absolute Gasteiger partial charge is 0.364 e. The summed E-state index contributed by atoms with van der Waals surface area (Å²) in [6.07, 6.45) is -0.0483. The van der Waals surface area contributed by atoms with Crippen LogP contribution in [0.2, 0.25) is 0 Å². The van der Waals surface area contributed by atoms with Crippen LogP contribution in [0.15, 0.2) is 22.7 Å². The highest BCUT2D eigenvalue weighted by molar-refractivity contribution is 9.10. The summed E-state index contributed by atoms with van der Waals surface area (Å²) in [6.45, 7) is 2.23. The molecular formula is C11H12BrF2N. The lowest BCUT2D eigenvalue weighted by atomic mass is 10.2. The highest BCUT2D eigenvalue weighted by atomic mass is 79.9. The van der Waals surface area contributed by atoms with Gasteiger partial charge in [-0.05, 0) is 40.5 Å². The predicted octanol–water partition coefficient (Wildman–Crippen LogP) is 3.60. The monoisotopic (exact) mass is 275 g/mol. The van der Waals surface area contributed by atoms with Crippen molar-refractivity contribution >= 4 is 21.6 Å². The topological polar surface area (TPSA) is 3.24 Å². The fourth-order valence-corrected chi connectivity index (χ4v) is 2.55. The van der Waals surface area contributed by atoms with Crippen LogP contribution in [0, 0.1) is 6.92 Å². The van der Waals surface area contributed by atoms with E-state index in [1.165, 1.54) is 0 Å². The van der Waals surface area contributed by atoms with Gasteiger partial charge >= 0.3 is 0 Å². The van der Waals surface area contributed by atoms with E-state index in [1.54, 1.807) is 4.90 Å². The third-order valence-corrected chi connectivity index (χ3v) is 3.25. The summed E-state index contributed by atoms with van der Waals surface area (Å²) in [5, 5.41) is 0. The van der Waals surface area contributed by atoms with Crippen molar-refractivity contribution in [3.8, 4) is 0 Å². The number of nitrogens with zero attached hydrogens (tertiary/aromatic N) is 1. The lowest BCUT2D eigenvalue weighted by Gasteiger charge is -2.19. The fourth-order valence-electron chi connectivity index (χ4n) is 1.81. The number of halogens is 3. The van der Waals surface area contributed by atoms with E-state index in [1.807, 2.05) is 25.1 Å². The number of alkyl halides is 2. The van der Waals surface area contributed by atoms with Gasteiger partial charge in [0.15, 0.2) is 0 Å². The Balaban J connectivity index is 2.24. The van der Waals surface area contributed by atoms with Gasteiger partial charge in [-0.2, -0.15) is 0 Å². The SMILES string of the molecule is Cc1ccc(N2CCC(F)(F)C2)c(Br)c1. The zero-order valence-electron chi connectivity index (χ0n) is 8.43. The number of hydrogen-bond acceptors (Lipinski definition) is 1. The summed E-state index contributed by atoms with van der Waals surface area (Å²) in [7, 11) is 0. The zero-order valence-corrected chi connectivity index (χ0v) is 10.0. The van der Waals surface area contributed by atoms with Gasteiger partial charge in [-0.3, -0.25) is 0 Å². The maximum atomic E-state index is 13.0. The van der Waals surface area contributed by atoms with Gasteiger partial charge in [-0.25, -0.2) is 8.78 Å². The minimum Gasteiger partial charge on any atom is -0.364 e. The molecule has 4 heteroatoms. The summed E-state index contributed by atoms with van der Waals surface area (Å²) in [6, 6.07) is 5.78. The third-order valence-electron chi connectivity index (χ3n) is 2.61. The molecule has 0 spiro atoms. The molecule has 1 fully saturated rings. The molecule has 2 rings (SSSR count). The first-order valence-corrected chi connectivity index (χ1v) is 5.66. The normalized spacial score (nSPS) is 19.6. The van der Waals surface area contributed by atoms with Gasteiger partial charge in [-0.15, -0.1) is 0 Å². The number of anilines is 1. The average molecular weight is 276 g/mol. The molecular weight excluding hydrogens is 264 g/mol. The van der Waals surface area contributed by atoms with Crippen molar-refractivity contribution in [3.63, 3.8) is 0 Å². The van der Waals surface area contributed by atoms with E-state index >= 15 is 0 Å². The molecule has 1 saturated heterocycles. The van der Waals surface area contributed by atoms with Gasteiger partial charge in [0.05, 0.1) is 12.2 Å². The molecule has 0 amide bonds. The Morgan fingerprint density at radius 2 is 2.13 bits per heavy atom. The second kappa shape index (κ2) is 3.74. The second-order valence-electron chi connectivity index (χ2n) is 3.98. The molecule has 1 aromatic carbocycles. The molecule has 1 aliphatic heterocycles. The lowest BCUT2D eigenvalue weighted by molar-refractivity contribution is 0.0257. The molecule has 0 N–H and O–H groups in total. The average Bonchev–Trinajstić information content (AvgIpc) is 2.46. The van der Waals surface area contributed by atoms with E-state index < -0.39 is 5.92 Å². The summed E-state index contributed by atoms with van der Waals surface area (Å²) < 4.78 is 27.0. The summed E-state index contributed by atoms with van der Waals surface area (Å²) >= 11 is 3.41. The predicted molar refractivity (Wildman–Crippen MR) is 60.7 cm³/mol. The van der Waals surface area contributed by atoms with Gasteiger partial charge in [0.1, 0.15) is 0 Å². The van der Waals surface area contributed by atoms with Gasteiger partial charge in [0.2, 0.25) is 0 Å². The van der Waals surface area contributed by atoms with Gasteiger partial charge in [-0.1, -0.05) is 6.07 Å². The first-order valence-electron chi connectivity index (χ1n) is 4.87. The summed E-state index contributed by atoms with van der Waals surface area (Å²) in [5.41, 5.74) is 1.98. The zero-order chi connectivity index (χ0) is 11.1. The van der Waals surface area contributed by atoms with E-state index in [2.05, 4.69) is 15.9 Å². The van der Waals surface area contributed by atoms with Crippen molar-refractivity contribution in [1.29, 1.82) is 0 Å². The Morgan fingerprint density at radius 1 is 1.40 bits per heavy atom. The van der Waals surface area contributed by atoms with Crippen molar-refractivity contribution in [2.75, 3.05) is 18.0 Å². The van der Waals surface area contributed by atoms with Gasteiger partial charge in [0, 0.05) is 17.4 Å². The minimum atomic E-state index is -2.54. The third kappa shape index (κ3) is 2.30. The molecule has 1 nitrogen and oxygen atoms in total. The molecule has 0 aliphatic carbocycles. The Labute approximate surface area is 96.2 Å². The van der Waals surface area contributed by atoms with Crippen LogP contribution in [0.25, 0.3) is 0 Å². The molecule has 1 heterocycles.